The number of rotatable bonds is 4. The number of carbonyl (C=O) groups is 2. The molecule has 0 aromatic heterocycles. The molecule has 0 bridgehead atoms. The summed E-state index contributed by atoms with van der Waals surface area (Å²) in [6.07, 6.45) is 0. The number of carbonyl (C=O) groups excluding carboxylic acids is 2. The van der Waals surface area contributed by atoms with E-state index >= 15 is 0 Å². The van der Waals surface area contributed by atoms with Crippen LogP contribution in [0, 0.1) is 0 Å². The zero-order valence-corrected chi connectivity index (χ0v) is 19.0. The van der Waals surface area contributed by atoms with Crippen molar-refractivity contribution in [2.75, 3.05) is 7.11 Å². The number of ether oxygens (including phenoxy) is 1. The van der Waals surface area contributed by atoms with Crippen molar-refractivity contribution in [3.63, 3.8) is 0 Å². The Bertz CT molecular complexity index is 982. The zero-order chi connectivity index (χ0) is 20.7. The first kappa shape index (κ1) is 22.1. The number of methoxy groups -OCH3 is 1. The second-order valence-electron chi connectivity index (χ2n) is 6.02. The lowest BCUT2D eigenvalue weighted by Crippen LogP contribution is -1.93. The third-order valence-electron chi connectivity index (χ3n) is 4.01. The molecule has 3 aromatic rings. The van der Waals surface area contributed by atoms with E-state index in [0.717, 1.165) is 31.4 Å². The van der Waals surface area contributed by atoms with Gasteiger partial charge in [-0.3, -0.25) is 9.59 Å². The minimum atomic E-state index is 0.0459. The SMILES string of the molecule is CC(=O)c1ccc(-c2ccccc2)cc1Br.COc1ccc(C(C)=O)c(Br)c1. The number of halogens is 2. The third kappa shape index (κ3) is 5.88. The first-order valence-corrected chi connectivity index (χ1v) is 10.1. The summed E-state index contributed by atoms with van der Waals surface area (Å²) < 4.78 is 6.61. The van der Waals surface area contributed by atoms with Gasteiger partial charge in [0, 0.05) is 20.1 Å². The predicted molar refractivity (Wildman–Crippen MR) is 120 cm³/mol. The van der Waals surface area contributed by atoms with E-state index in [2.05, 4.69) is 44.0 Å². The second-order valence-corrected chi connectivity index (χ2v) is 7.73. The van der Waals surface area contributed by atoms with E-state index in [0.29, 0.717) is 5.56 Å². The van der Waals surface area contributed by atoms with Gasteiger partial charge in [0.15, 0.2) is 11.6 Å². The fourth-order valence-corrected chi connectivity index (χ4v) is 3.81. The molecule has 0 heterocycles. The van der Waals surface area contributed by atoms with Crippen LogP contribution in [0.1, 0.15) is 34.6 Å². The number of benzene rings is 3. The molecule has 0 amide bonds. The van der Waals surface area contributed by atoms with Crippen LogP contribution >= 0.6 is 31.9 Å². The highest BCUT2D eigenvalue weighted by atomic mass is 79.9. The average Bonchev–Trinajstić information content (AvgIpc) is 2.68. The lowest BCUT2D eigenvalue weighted by atomic mass is 10.0. The molecule has 5 heteroatoms. The normalized spacial score (nSPS) is 9.89. The maximum Gasteiger partial charge on any atom is 0.160 e. The topological polar surface area (TPSA) is 43.4 Å². The van der Waals surface area contributed by atoms with E-state index in [-0.39, 0.29) is 11.6 Å². The van der Waals surface area contributed by atoms with Gasteiger partial charge in [0.1, 0.15) is 5.75 Å². The maximum absolute atomic E-state index is 11.3. The van der Waals surface area contributed by atoms with Gasteiger partial charge >= 0.3 is 0 Å². The lowest BCUT2D eigenvalue weighted by Gasteiger charge is -2.05. The van der Waals surface area contributed by atoms with Gasteiger partial charge in [-0.1, -0.05) is 52.3 Å². The summed E-state index contributed by atoms with van der Waals surface area (Å²) in [6, 6.07) is 21.2. The van der Waals surface area contributed by atoms with Crippen molar-refractivity contribution >= 4 is 43.4 Å². The molecular weight excluding hydrogens is 484 g/mol. The summed E-state index contributed by atoms with van der Waals surface area (Å²) in [5, 5.41) is 0. The molecule has 0 N–H and O–H groups in total. The number of hydrogen-bond acceptors (Lipinski definition) is 3. The molecule has 0 unspecified atom stereocenters. The Morgan fingerprint density at radius 1 is 0.714 bits per heavy atom. The van der Waals surface area contributed by atoms with Crippen molar-refractivity contribution in [3.8, 4) is 16.9 Å². The highest BCUT2D eigenvalue weighted by Crippen LogP contribution is 2.26. The van der Waals surface area contributed by atoms with Crippen molar-refractivity contribution < 1.29 is 14.3 Å². The van der Waals surface area contributed by atoms with Gasteiger partial charge in [0.05, 0.1) is 7.11 Å². The highest BCUT2D eigenvalue weighted by Gasteiger charge is 2.06. The fraction of sp³-hybridized carbons (Fsp3) is 0.130. The van der Waals surface area contributed by atoms with Crippen LogP contribution in [0.3, 0.4) is 0 Å². The van der Waals surface area contributed by atoms with E-state index in [4.69, 9.17) is 4.74 Å². The zero-order valence-electron chi connectivity index (χ0n) is 15.8. The van der Waals surface area contributed by atoms with Crippen LogP contribution in [0.4, 0.5) is 0 Å². The Morgan fingerprint density at radius 2 is 1.25 bits per heavy atom. The molecule has 0 radical (unpaired) electrons. The predicted octanol–water partition coefficient (Wildman–Crippen LogP) is 6.98. The molecule has 0 aliphatic heterocycles. The van der Waals surface area contributed by atoms with Gasteiger partial charge in [0.2, 0.25) is 0 Å². The van der Waals surface area contributed by atoms with Crippen LogP contribution < -0.4 is 4.74 Å². The van der Waals surface area contributed by atoms with Gasteiger partial charge in [-0.15, -0.1) is 0 Å². The summed E-state index contributed by atoms with van der Waals surface area (Å²) in [7, 11) is 1.59. The minimum absolute atomic E-state index is 0.0459. The largest absolute Gasteiger partial charge is 0.497 e. The van der Waals surface area contributed by atoms with Crippen molar-refractivity contribution in [2.45, 2.75) is 13.8 Å². The van der Waals surface area contributed by atoms with Crippen LogP contribution in [-0.2, 0) is 0 Å². The Labute approximate surface area is 182 Å². The molecular formula is C23H20Br2O3. The minimum Gasteiger partial charge on any atom is -0.497 e. The first-order chi connectivity index (χ1) is 13.3. The highest BCUT2D eigenvalue weighted by molar-refractivity contribution is 9.10. The molecule has 0 aliphatic rings. The molecule has 3 rings (SSSR count). The third-order valence-corrected chi connectivity index (χ3v) is 5.32. The summed E-state index contributed by atoms with van der Waals surface area (Å²) in [4.78, 5) is 22.3. The lowest BCUT2D eigenvalue weighted by molar-refractivity contribution is 0.100. The molecule has 0 saturated heterocycles. The van der Waals surface area contributed by atoms with Gasteiger partial charge in [0.25, 0.3) is 0 Å². The van der Waals surface area contributed by atoms with Crippen LogP contribution in [0.5, 0.6) is 5.75 Å². The summed E-state index contributed by atoms with van der Waals surface area (Å²) >= 11 is 6.71. The van der Waals surface area contributed by atoms with E-state index in [1.165, 1.54) is 6.92 Å². The number of ketones is 2. The van der Waals surface area contributed by atoms with Gasteiger partial charge in [-0.05, 0) is 71.2 Å². The van der Waals surface area contributed by atoms with E-state index < -0.39 is 0 Å². The van der Waals surface area contributed by atoms with Crippen LogP contribution in [0.2, 0.25) is 0 Å². The molecule has 3 aromatic carbocycles. The van der Waals surface area contributed by atoms with Crippen molar-refractivity contribution in [1.82, 2.24) is 0 Å². The summed E-state index contributed by atoms with van der Waals surface area (Å²) in [6.45, 7) is 3.11. The van der Waals surface area contributed by atoms with E-state index in [1.807, 2.05) is 36.4 Å². The average molecular weight is 504 g/mol. The smallest absolute Gasteiger partial charge is 0.160 e. The number of hydrogen-bond donors (Lipinski definition) is 0. The van der Waals surface area contributed by atoms with E-state index in [9.17, 15) is 9.59 Å². The Kier molecular flexibility index (Phi) is 8.15. The van der Waals surface area contributed by atoms with Crippen LogP contribution in [0.25, 0.3) is 11.1 Å². The standard InChI is InChI=1S/C14H11BrO.C9H9BrO2/c1-10(16)13-8-7-12(9-14(13)15)11-5-3-2-4-6-11;1-6(11)8-4-3-7(12-2)5-9(8)10/h2-9H,1H3;3-5H,1-2H3. The summed E-state index contributed by atoms with van der Waals surface area (Å²) in [5.74, 6) is 0.864. The summed E-state index contributed by atoms with van der Waals surface area (Å²) in [5.41, 5.74) is 3.66. The Morgan fingerprint density at radius 3 is 1.71 bits per heavy atom. The molecule has 144 valence electrons. The Balaban J connectivity index is 0.000000209. The van der Waals surface area contributed by atoms with Gasteiger partial charge < -0.3 is 4.74 Å². The Hall–Kier alpha value is -2.24. The molecule has 0 saturated carbocycles. The molecule has 0 fully saturated rings. The molecule has 0 aliphatic carbocycles. The van der Waals surface area contributed by atoms with Crippen molar-refractivity contribution in [3.05, 3.63) is 86.8 Å². The second kappa shape index (κ2) is 10.3. The quantitative estimate of drug-likeness (QED) is 0.360. The maximum atomic E-state index is 11.3. The van der Waals surface area contributed by atoms with Gasteiger partial charge in [-0.2, -0.15) is 0 Å². The molecule has 0 atom stereocenters. The van der Waals surface area contributed by atoms with Crippen LogP contribution in [-0.4, -0.2) is 18.7 Å². The molecule has 3 nitrogen and oxygen atoms in total. The first-order valence-electron chi connectivity index (χ1n) is 8.54. The number of Topliss-reactive ketones (excluding diaryl/α,β-unsaturated/α-hetero) is 2. The monoisotopic (exact) mass is 502 g/mol. The molecule has 0 spiro atoms. The molecule has 28 heavy (non-hydrogen) atoms. The van der Waals surface area contributed by atoms with E-state index in [1.54, 1.807) is 32.2 Å². The van der Waals surface area contributed by atoms with Crippen molar-refractivity contribution in [1.29, 1.82) is 0 Å². The van der Waals surface area contributed by atoms with Crippen molar-refractivity contribution in [2.24, 2.45) is 0 Å². The fourth-order valence-electron chi connectivity index (χ4n) is 2.52. The van der Waals surface area contributed by atoms with Crippen LogP contribution in [0.15, 0.2) is 75.7 Å². The van der Waals surface area contributed by atoms with Gasteiger partial charge in [-0.25, -0.2) is 0 Å².